The highest BCUT2D eigenvalue weighted by Gasteiger charge is 2.34. The van der Waals surface area contributed by atoms with Gasteiger partial charge in [0.1, 0.15) is 0 Å². The Hall–Kier alpha value is -1.38. The van der Waals surface area contributed by atoms with Gasteiger partial charge in [-0.05, 0) is 36.6 Å². The molecule has 0 aromatic heterocycles. The van der Waals surface area contributed by atoms with Gasteiger partial charge in [0.25, 0.3) is 10.0 Å². The third kappa shape index (κ3) is 4.13. The first kappa shape index (κ1) is 18.0. The van der Waals surface area contributed by atoms with E-state index in [1.54, 1.807) is 24.5 Å². The Balaban J connectivity index is 2.45. The van der Waals surface area contributed by atoms with Crippen LogP contribution in [0.5, 0.6) is 0 Å². The van der Waals surface area contributed by atoms with Crippen LogP contribution in [0.3, 0.4) is 0 Å². The summed E-state index contributed by atoms with van der Waals surface area (Å²) in [6.45, 7) is 0. The summed E-state index contributed by atoms with van der Waals surface area (Å²) in [4.78, 5) is 0.145. The predicted octanol–water partition coefficient (Wildman–Crippen LogP) is 4.88. The van der Waals surface area contributed by atoms with Crippen molar-refractivity contribution in [2.45, 2.75) is 16.0 Å². The lowest BCUT2D eigenvalue weighted by molar-refractivity contribution is -0.137. The highest BCUT2D eigenvalue weighted by molar-refractivity contribution is 7.99. The van der Waals surface area contributed by atoms with Gasteiger partial charge in [-0.3, -0.25) is 4.72 Å². The minimum Gasteiger partial charge on any atom is -0.278 e. The molecular formula is C14H11ClF3NO2S2. The molecule has 0 fully saturated rings. The van der Waals surface area contributed by atoms with Gasteiger partial charge in [0.15, 0.2) is 0 Å². The first-order chi connectivity index (χ1) is 10.6. The molecule has 23 heavy (non-hydrogen) atoms. The highest BCUT2D eigenvalue weighted by atomic mass is 35.5. The fourth-order valence-corrected chi connectivity index (χ4v) is 3.77. The minimum absolute atomic E-state index is 0.295. The summed E-state index contributed by atoms with van der Waals surface area (Å²) >= 11 is 6.81. The van der Waals surface area contributed by atoms with E-state index in [9.17, 15) is 21.6 Å². The van der Waals surface area contributed by atoms with Crippen LogP contribution >= 0.6 is 23.4 Å². The SMILES string of the molecule is CSc1ccccc1NS(=O)(=O)c1ccc(Cl)c(C(F)(F)F)c1. The molecule has 0 unspecified atom stereocenters. The molecule has 2 aromatic carbocycles. The summed E-state index contributed by atoms with van der Waals surface area (Å²) in [6.07, 6.45) is -2.98. The monoisotopic (exact) mass is 381 g/mol. The van der Waals surface area contributed by atoms with Crippen LogP contribution in [0.2, 0.25) is 5.02 Å². The molecule has 3 nitrogen and oxygen atoms in total. The number of halogens is 4. The van der Waals surface area contributed by atoms with Gasteiger partial charge < -0.3 is 0 Å². The van der Waals surface area contributed by atoms with Gasteiger partial charge in [-0.2, -0.15) is 13.2 Å². The van der Waals surface area contributed by atoms with Gasteiger partial charge in [-0.15, -0.1) is 11.8 Å². The molecule has 9 heteroatoms. The number of anilines is 1. The number of thioether (sulfide) groups is 1. The number of alkyl halides is 3. The lowest BCUT2D eigenvalue weighted by atomic mass is 10.2. The van der Waals surface area contributed by atoms with Crippen LogP contribution in [0.4, 0.5) is 18.9 Å². The molecule has 2 aromatic rings. The number of nitrogens with one attached hydrogen (secondary N) is 1. The molecule has 0 heterocycles. The maximum atomic E-state index is 12.9. The first-order valence-electron chi connectivity index (χ1n) is 6.18. The van der Waals surface area contributed by atoms with E-state index < -0.39 is 31.7 Å². The quantitative estimate of drug-likeness (QED) is 0.767. The topological polar surface area (TPSA) is 46.2 Å². The Bertz CT molecular complexity index is 823. The fraction of sp³-hybridized carbons (Fsp3) is 0.143. The van der Waals surface area contributed by atoms with Gasteiger partial charge in [0.2, 0.25) is 0 Å². The van der Waals surface area contributed by atoms with Gasteiger partial charge in [0.05, 0.1) is 21.2 Å². The van der Waals surface area contributed by atoms with E-state index in [0.29, 0.717) is 16.6 Å². The molecule has 0 bridgehead atoms. The summed E-state index contributed by atoms with van der Waals surface area (Å²) in [5.74, 6) is 0. The minimum atomic E-state index is -4.74. The molecule has 124 valence electrons. The Labute approximate surface area is 140 Å². The average Bonchev–Trinajstić information content (AvgIpc) is 2.46. The number of rotatable bonds is 4. The standard InChI is InChI=1S/C14H11ClF3NO2S2/c1-22-13-5-3-2-4-12(13)19-23(20,21)9-6-7-11(15)10(8-9)14(16,17)18/h2-8,19H,1H3. The summed E-state index contributed by atoms with van der Waals surface area (Å²) in [7, 11) is -4.17. The van der Waals surface area contributed by atoms with Crippen molar-refractivity contribution in [3.8, 4) is 0 Å². The molecular weight excluding hydrogens is 371 g/mol. The average molecular weight is 382 g/mol. The van der Waals surface area contributed by atoms with Crippen LogP contribution in [-0.4, -0.2) is 14.7 Å². The second-order valence-corrected chi connectivity index (χ2v) is 7.38. The zero-order valence-corrected chi connectivity index (χ0v) is 14.1. The molecule has 0 aliphatic carbocycles. The molecule has 0 aliphatic rings. The molecule has 0 spiro atoms. The highest BCUT2D eigenvalue weighted by Crippen LogP contribution is 2.36. The molecule has 1 N–H and O–H groups in total. The summed E-state index contributed by atoms with van der Waals surface area (Å²) in [6, 6.07) is 9.05. The zero-order chi connectivity index (χ0) is 17.3. The van der Waals surface area contributed by atoms with E-state index in [0.717, 1.165) is 12.1 Å². The van der Waals surface area contributed by atoms with Crippen molar-refractivity contribution in [1.82, 2.24) is 0 Å². The van der Waals surface area contributed by atoms with E-state index in [-0.39, 0.29) is 0 Å². The van der Waals surface area contributed by atoms with E-state index in [2.05, 4.69) is 4.72 Å². The molecule has 0 atom stereocenters. The maximum absolute atomic E-state index is 12.9. The van der Waals surface area contributed by atoms with Gasteiger partial charge in [-0.25, -0.2) is 8.42 Å². The summed E-state index contributed by atoms with van der Waals surface area (Å²) in [5, 5.41) is -0.555. The third-order valence-electron chi connectivity index (χ3n) is 2.90. The van der Waals surface area contributed by atoms with Gasteiger partial charge in [0, 0.05) is 4.90 Å². The number of para-hydroxylation sites is 1. The smallest absolute Gasteiger partial charge is 0.278 e. The molecule has 0 radical (unpaired) electrons. The van der Waals surface area contributed by atoms with Crippen LogP contribution < -0.4 is 4.72 Å². The van der Waals surface area contributed by atoms with Crippen molar-refractivity contribution in [3.05, 3.63) is 53.1 Å². The molecule has 0 amide bonds. The number of benzene rings is 2. The Morgan fingerprint density at radius 1 is 1.13 bits per heavy atom. The van der Waals surface area contributed by atoms with Gasteiger partial charge in [-0.1, -0.05) is 23.7 Å². The van der Waals surface area contributed by atoms with Crippen LogP contribution in [0.1, 0.15) is 5.56 Å². The molecule has 0 saturated heterocycles. The molecule has 2 rings (SSSR count). The van der Waals surface area contributed by atoms with E-state index in [1.165, 1.54) is 17.8 Å². The first-order valence-corrected chi connectivity index (χ1v) is 9.26. The third-order valence-corrected chi connectivity index (χ3v) is 5.39. The van der Waals surface area contributed by atoms with E-state index in [1.807, 2.05) is 0 Å². The zero-order valence-electron chi connectivity index (χ0n) is 11.7. The number of hydrogen-bond donors (Lipinski definition) is 1. The van der Waals surface area contributed by atoms with Crippen molar-refractivity contribution in [2.75, 3.05) is 11.0 Å². The predicted molar refractivity (Wildman–Crippen MR) is 85.5 cm³/mol. The second kappa shape index (κ2) is 6.62. The molecule has 0 saturated carbocycles. The van der Waals surface area contributed by atoms with E-state index in [4.69, 9.17) is 11.6 Å². The number of sulfonamides is 1. The maximum Gasteiger partial charge on any atom is 0.417 e. The summed E-state index contributed by atoms with van der Waals surface area (Å²) < 4.78 is 65.5. The van der Waals surface area contributed by atoms with Crippen molar-refractivity contribution < 1.29 is 21.6 Å². The van der Waals surface area contributed by atoms with Crippen LogP contribution in [0.25, 0.3) is 0 Å². The Kier molecular flexibility index (Phi) is 5.17. The lowest BCUT2D eigenvalue weighted by Gasteiger charge is -2.14. The number of hydrogen-bond acceptors (Lipinski definition) is 3. The lowest BCUT2D eigenvalue weighted by Crippen LogP contribution is -2.15. The van der Waals surface area contributed by atoms with Crippen molar-refractivity contribution >= 4 is 39.1 Å². The molecule has 0 aliphatic heterocycles. The largest absolute Gasteiger partial charge is 0.417 e. The second-order valence-electron chi connectivity index (χ2n) is 4.45. The normalized spacial score (nSPS) is 12.2. The Morgan fingerprint density at radius 2 is 1.78 bits per heavy atom. The fourth-order valence-electron chi connectivity index (χ4n) is 1.82. The van der Waals surface area contributed by atoms with Crippen LogP contribution in [0.15, 0.2) is 52.3 Å². The van der Waals surface area contributed by atoms with Crippen LogP contribution in [0, 0.1) is 0 Å². The van der Waals surface area contributed by atoms with Crippen molar-refractivity contribution in [1.29, 1.82) is 0 Å². The summed E-state index contributed by atoms with van der Waals surface area (Å²) in [5.41, 5.74) is -0.899. The van der Waals surface area contributed by atoms with Crippen molar-refractivity contribution in [2.24, 2.45) is 0 Å². The van der Waals surface area contributed by atoms with Gasteiger partial charge >= 0.3 is 6.18 Å². The van der Waals surface area contributed by atoms with E-state index >= 15 is 0 Å². The van der Waals surface area contributed by atoms with Crippen LogP contribution in [-0.2, 0) is 16.2 Å². The van der Waals surface area contributed by atoms with Crippen molar-refractivity contribution in [3.63, 3.8) is 0 Å². The Morgan fingerprint density at radius 3 is 2.39 bits per heavy atom.